The van der Waals surface area contributed by atoms with Gasteiger partial charge in [0, 0.05) is 13.7 Å². The van der Waals surface area contributed by atoms with Gasteiger partial charge in [-0.25, -0.2) is 13.1 Å². The number of ether oxygens (including phenoxy) is 1. The third-order valence-corrected chi connectivity index (χ3v) is 3.34. The minimum absolute atomic E-state index is 0.0798. The maximum atomic E-state index is 11.4. The largest absolute Gasteiger partial charge is 0.380 e. The Balaban J connectivity index is 3.84. The predicted octanol–water partition coefficient (Wildman–Crippen LogP) is 0.987. The van der Waals surface area contributed by atoms with Gasteiger partial charge in [-0.2, -0.15) is 0 Å². The van der Waals surface area contributed by atoms with Gasteiger partial charge >= 0.3 is 0 Å². The van der Waals surface area contributed by atoms with Gasteiger partial charge in [0.05, 0.1) is 11.9 Å². The number of hydrogen-bond acceptors (Lipinski definition) is 3. The van der Waals surface area contributed by atoms with E-state index in [9.17, 15) is 8.42 Å². The fourth-order valence-corrected chi connectivity index (χ4v) is 2.21. The maximum Gasteiger partial charge on any atom is 0.211 e. The summed E-state index contributed by atoms with van der Waals surface area (Å²) in [5.41, 5.74) is 0. The monoisotopic (exact) mass is 223 g/mol. The minimum atomic E-state index is -3.11. The molecule has 0 rings (SSSR count). The summed E-state index contributed by atoms with van der Waals surface area (Å²) in [5, 5.41) is 0. The summed E-state index contributed by atoms with van der Waals surface area (Å²) in [6.07, 6.45) is 0.611. The van der Waals surface area contributed by atoms with Crippen molar-refractivity contribution in [1.29, 1.82) is 0 Å². The Bertz CT molecular complexity index is 236. The van der Waals surface area contributed by atoms with Crippen molar-refractivity contribution in [3.8, 4) is 0 Å². The van der Waals surface area contributed by atoms with Crippen LogP contribution in [0.3, 0.4) is 0 Å². The molecule has 0 bridgehead atoms. The van der Waals surface area contributed by atoms with Gasteiger partial charge in [0.1, 0.15) is 0 Å². The molecule has 0 aliphatic carbocycles. The Hall–Kier alpha value is -0.130. The summed E-state index contributed by atoms with van der Waals surface area (Å²) in [4.78, 5) is 0. The fourth-order valence-electron chi connectivity index (χ4n) is 0.791. The highest BCUT2D eigenvalue weighted by Gasteiger charge is 2.12. The van der Waals surface area contributed by atoms with Crippen molar-refractivity contribution in [2.45, 2.75) is 33.3 Å². The first kappa shape index (κ1) is 13.9. The lowest BCUT2D eigenvalue weighted by Crippen LogP contribution is -2.33. The van der Waals surface area contributed by atoms with E-state index in [1.807, 2.05) is 20.8 Å². The van der Waals surface area contributed by atoms with Gasteiger partial charge in [-0.15, -0.1) is 0 Å². The molecule has 0 aromatic heterocycles. The first-order valence-corrected chi connectivity index (χ1v) is 6.52. The second-order valence-corrected chi connectivity index (χ2v) is 5.82. The summed E-state index contributed by atoms with van der Waals surface area (Å²) in [6, 6.07) is 0. The molecule has 0 aromatic rings. The van der Waals surface area contributed by atoms with E-state index in [4.69, 9.17) is 4.74 Å². The van der Waals surface area contributed by atoms with Crippen molar-refractivity contribution in [3.05, 3.63) is 0 Å². The smallest absolute Gasteiger partial charge is 0.211 e. The number of rotatable bonds is 7. The number of hydrogen-bond donors (Lipinski definition) is 1. The van der Waals surface area contributed by atoms with Gasteiger partial charge in [0.25, 0.3) is 0 Å². The molecule has 1 unspecified atom stereocenters. The zero-order chi connectivity index (χ0) is 11.2. The highest BCUT2D eigenvalue weighted by atomic mass is 32.2. The molecule has 4 nitrogen and oxygen atoms in total. The van der Waals surface area contributed by atoms with Crippen LogP contribution >= 0.6 is 0 Å². The van der Waals surface area contributed by atoms with Crippen LogP contribution in [-0.2, 0) is 14.8 Å². The van der Waals surface area contributed by atoms with Crippen LogP contribution in [0.15, 0.2) is 0 Å². The van der Waals surface area contributed by atoms with Crippen molar-refractivity contribution in [2.75, 3.05) is 19.4 Å². The average Bonchev–Trinajstić information content (AvgIpc) is 2.11. The fraction of sp³-hybridized carbons (Fsp3) is 1.00. The quantitative estimate of drug-likeness (QED) is 0.700. The van der Waals surface area contributed by atoms with Crippen LogP contribution in [-0.4, -0.2) is 33.9 Å². The second-order valence-electron chi connectivity index (χ2n) is 3.90. The molecule has 86 valence electrons. The molecular formula is C9H21NO3S. The molecule has 0 saturated carbocycles. The topological polar surface area (TPSA) is 55.4 Å². The third kappa shape index (κ3) is 7.29. The standard InChI is InChI=1S/C9H21NO3S/c1-8(2)5-6-14(11,12)10-7-9(3)13-4/h8-10H,5-7H2,1-4H3. The van der Waals surface area contributed by atoms with Crippen LogP contribution in [0.25, 0.3) is 0 Å². The Labute approximate surface area is 87.1 Å². The summed E-state index contributed by atoms with van der Waals surface area (Å²) in [6.45, 7) is 6.18. The van der Waals surface area contributed by atoms with E-state index in [0.29, 0.717) is 18.9 Å². The van der Waals surface area contributed by atoms with Gasteiger partial charge in [0.2, 0.25) is 10.0 Å². The molecule has 0 fully saturated rings. The molecule has 0 amide bonds. The van der Waals surface area contributed by atoms with E-state index in [1.54, 1.807) is 7.11 Å². The molecule has 0 aliphatic rings. The van der Waals surface area contributed by atoms with E-state index in [2.05, 4.69) is 4.72 Å². The van der Waals surface area contributed by atoms with Gasteiger partial charge in [-0.3, -0.25) is 0 Å². The van der Waals surface area contributed by atoms with Crippen molar-refractivity contribution < 1.29 is 13.2 Å². The minimum Gasteiger partial charge on any atom is -0.380 e. The highest BCUT2D eigenvalue weighted by Crippen LogP contribution is 2.01. The molecule has 0 heterocycles. The Morgan fingerprint density at radius 3 is 2.29 bits per heavy atom. The summed E-state index contributed by atoms with van der Waals surface area (Å²) < 4.78 is 30.2. The van der Waals surface area contributed by atoms with Crippen LogP contribution in [0.1, 0.15) is 27.2 Å². The van der Waals surface area contributed by atoms with E-state index in [-0.39, 0.29) is 11.9 Å². The average molecular weight is 223 g/mol. The molecular weight excluding hydrogens is 202 g/mol. The third-order valence-electron chi connectivity index (χ3n) is 1.96. The van der Waals surface area contributed by atoms with Crippen LogP contribution < -0.4 is 4.72 Å². The lowest BCUT2D eigenvalue weighted by molar-refractivity contribution is 0.122. The molecule has 1 N–H and O–H groups in total. The highest BCUT2D eigenvalue weighted by molar-refractivity contribution is 7.89. The van der Waals surface area contributed by atoms with Crippen molar-refractivity contribution in [3.63, 3.8) is 0 Å². The predicted molar refractivity (Wildman–Crippen MR) is 57.7 cm³/mol. The van der Waals surface area contributed by atoms with Crippen molar-refractivity contribution in [2.24, 2.45) is 5.92 Å². The zero-order valence-corrected chi connectivity index (χ0v) is 10.2. The normalized spacial score (nSPS) is 14.6. The van der Waals surface area contributed by atoms with E-state index in [1.165, 1.54) is 0 Å². The molecule has 5 heteroatoms. The van der Waals surface area contributed by atoms with E-state index in [0.717, 1.165) is 0 Å². The molecule has 14 heavy (non-hydrogen) atoms. The van der Waals surface area contributed by atoms with Gasteiger partial charge in [-0.1, -0.05) is 13.8 Å². The Morgan fingerprint density at radius 1 is 1.29 bits per heavy atom. The molecule has 1 atom stereocenters. The van der Waals surface area contributed by atoms with E-state index < -0.39 is 10.0 Å². The first-order chi connectivity index (χ1) is 6.37. The van der Waals surface area contributed by atoms with Crippen LogP contribution in [0, 0.1) is 5.92 Å². The molecule has 0 radical (unpaired) electrons. The summed E-state index contributed by atoms with van der Waals surface area (Å²) in [7, 11) is -1.55. The maximum absolute atomic E-state index is 11.4. The molecule has 0 spiro atoms. The SMILES string of the molecule is COC(C)CNS(=O)(=O)CCC(C)C. The second kappa shape index (κ2) is 6.37. The van der Waals surface area contributed by atoms with Gasteiger partial charge < -0.3 is 4.74 Å². The lowest BCUT2D eigenvalue weighted by atomic mass is 10.2. The van der Waals surface area contributed by atoms with Crippen molar-refractivity contribution >= 4 is 10.0 Å². The van der Waals surface area contributed by atoms with Crippen LogP contribution in [0.5, 0.6) is 0 Å². The molecule has 0 aliphatic heterocycles. The summed E-state index contributed by atoms with van der Waals surface area (Å²) >= 11 is 0. The number of sulfonamides is 1. The van der Waals surface area contributed by atoms with Crippen LogP contribution in [0.4, 0.5) is 0 Å². The van der Waals surface area contributed by atoms with Crippen molar-refractivity contribution in [1.82, 2.24) is 4.72 Å². The first-order valence-electron chi connectivity index (χ1n) is 4.87. The number of methoxy groups -OCH3 is 1. The molecule has 0 saturated heterocycles. The van der Waals surface area contributed by atoms with Gasteiger partial charge in [-0.05, 0) is 19.3 Å². The zero-order valence-electron chi connectivity index (χ0n) is 9.41. The Kier molecular flexibility index (Phi) is 6.31. The lowest BCUT2D eigenvalue weighted by Gasteiger charge is -2.11. The van der Waals surface area contributed by atoms with Gasteiger partial charge in [0.15, 0.2) is 0 Å². The number of nitrogens with one attached hydrogen (secondary N) is 1. The van der Waals surface area contributed by atoms with Crippen LogP contribution in [0.2, 0.25) is 0 Å². The van der Waals surface area contributed by atoms with E-state index >= 15 is 0 Å². The Morgan fingerprint density at radius 2 is 1.86 bits per heavy atom. The summed E-state index contributed by atoms with van der Waals surface area (Å²) in [5.74, 6) is 0.604. The molecule has 0 aromatic carbocycles.